The SMILES string of the molecule is CCC(C)(C)[C](C1CCCCC1)C(CCC(c1ccccc1)c1ccccc1)Cc1cccnc1. The van der Waals surface area contributed by atoms with Crippen LogP contribution in [0.25, 0.3) is 0 Å². The van der Waals surface area contributed by atoms with Crippen LogP contribution in [-0.2, 0) is 6.42 Å². The summed E-state index contributed by atoms with van der Waals surface area (Å²) in [4.78, 5) is 4.47. The quantitative estimate of drug-likeness (QED) is 0.274. The fourth-order valence-electron chi connectivity index (χ4n) is 6.49. The highest BCUT2D eigenvalue weighted by Crippen LogP contribution is 2.50. The molecule has 185 valence electrons. The van der Waals surface area contributed by atoms with E-state index in [4.69, 9.17) is 0 Å². The van der Waals surface area contributed by atoms with Crippen molar-refractivity contribution in [2.45, 2.75) is 84.5 Å². The lowest BCUT2D eigenvalue weighted by Gasteiger charge is -2.45. The molecule has 1 radical (unpaired) electrons. The van der Waals surface area contributed by atoms with Crippen LogP contribution in [0.1, 0.15) is 94.7 Å². The summed E-state index contributed by atoms with van der Waals surface area (Å²) in [5.74, 6) is 3.65. The van der Waals surface area contributed by atoms with Gasteiger partial charge in [-0.05, 0) is 78.0 Å². The molecule has 2 aromatic carbocycles. The van der Waals surface area contributed by atoms with E-state index < -0.39 is 0 Å². The normalized spacial score (nSPS) is 16.0. The summed E-state index contributed by atoms with van der Waals surface area (Å²) in [5, 5.41) is 0. The Morgan fingerprint density at radius 1 is 0.829 bits per heavy atom. The van der Waals surface area contributed by atoms with E-state index in [0.29, 0.717) is 11.8 Å². The number of hydrogen-bond acceptors (Lipinski definition) is 1. The first-order chi connectivity index (χ1) is 17.1. The molecule has 1 unspecified atom stereocenters. The lowest BCUT2D eigenvalue weighted by Crippen LogP contribution is -2.36. The van der Waals surface area contributed by atoms with Crippen molar-refractivity contribution in [2.24, 2.45) is 17.3 Å². The molecule has 1 fully saturated rings. The van der Waals surface area contributed by atoms with Gasteiger partial charge in [-0.1, -0.05) is 113 Å². The Morgan fingerprint density at radius 2 is 1.46 bits per heavy atom. The molecule has 0 saturated heterocycles. The molecule has 1 heteroatoms. The Balaban J connectivity index is 1.65. The first-order valence-corrected chi connectivity index (χ1v) is 13.9. The molecule has 0 bridgehead atoms. The number of pyridine rings is 1. The van der Waals surface area contributed by atoms with E-state index in [2.05, 4.69) is 105 Å². The van der Waals surface area contributed by atoms with Crippen LogP contribution < -0.4 is 0 Å². The fourth-order valence-corrected chi connectivity index (χ4v) is 6.49. The van der Waals surface area contributed by atoms with Crippen LogP contribution in [0.2, 0.25) is 0 Å². The first kappa shape index (κ1) is 25.7. The van der Waals surface area contributed by atoms with Crippen LogP contribution >= 0.6 is 0 Å². The van der Waals surface area contributed by atoms with Gasteiger partial charge in [-0.3, -0.25) is 4.98 Å². The number of rotatable bonds is 11. The van der Waals surface area contributed by atoms with E-state index in [0.717, 1.165) is 12.3 Å². The van der Waals surface area contributed by atoms with Gasteiger partial charge in [0.05, 0.1) is 0 Å². The summed E-state index contributed by atoms with van der Waals surface area (Å²) >= 11 is 0. The Morgan fingerprint density at radius 3 is 2.00 bits per heavy atom. The van der Waals surface area contributed by atoms with Crippen molar-refractivity contribution in [3.63, 3.8) is 0 Å². The lowest BCUT2D eigenvalue weighted by molar-refractivity contribution is 0.193. The minimum atomic E-state index is 0.268. The van der Waals surface area contributed by atoms with Gasteiger partial charge < -0.3 is 0 Å². The predicted octanol–water partition coefficient (Wildman–Crippen LogP) is 9.44. The van der Waals surface area contributed by atoms with Crippen molar-refractivity contribution in [2.75, 3.05) is 0 Å². The largest absolute Gasteiger partial charge is 0.264 e. The zero-order valence-corrected chi connectivity index (χ0v) is 22.1. The smallest absolute Gasteiger partial charge is 0.0299 e. The summed E-state index contributed by atoms with van der Waals surface area (Å²) in [5.41, 5.74) is 4.53. The highest BCUT2D eigenvalue weighted by Gasteiger charge is 2.40. The van der Waals surface area contributed by atoms with Crippen LogP contribution in [0.15, 0.2) is 85.2 Å². The predicted molar refractivity (Wildman–Crippen MR) is 149 cm³/mol. The Hall–Kier alpha value is -2.41. The summed E-state index contributed by atoms with van der Waals surface area (Å²) in [6, 6.07) is 26.7. The maximum atomic E-state index is 4.47. The molecular formula is C34H44N. The molecule has 0 amide bonds. The average molecular weight is 467 g/mol. The van der Waals surface area contributed by atoms with E-state index in [9.17, 15) is 0 Å². The van der Waals surface area contributed by atoms with Crippen LogP contribution in [0.4, 0.5) is 0 Å². The molecule has 1 aromatic heterocycles. The van der Waals surface area contributed by atoms with Gasteiger partial charge in [0.2, 0.25) is 0 Å². The fraction of sp³-hybridized carbons (Fsp3) is 0.471. The number of benzene rings is 2. The maximum Gasteiger partial charge on any atom is 0.0299 e. The lowest BCUT2D eigenvalue weighted by atomic mass is 9.59. The molecule has 0 N–H and O–H groups in total. The van der Waals surface area contributed by atoms with E-state index in [1.54, 1.807) is 0 Å². The third-order valence-corrected chi connectivity index (χ3v) is 8.56. The number of aromatic nitrogens is 1. The molecule has 35 heavy (non-hydrogen) atoms. The Kier molecular flexibility index (Phi) is 9.18. The standard InChI is InChI=1S/C34H44N/c1-4-34(2,3)33(30-20-12-7-13-21-30)31(25-27-15-14-24-35-26-27)22-23-32(28-16-8-5-9-17-28)29-18-10-6-11-19-29/h5-6,8-11,14-19,24,26,30-32H,4,7,12-13,20-23,25H2,1-3H3. The van der Waals surface area contributed by atoms with Crippen molar-refractivity contribution >= 4 is 0 Å². The second-order valence-electron chi connectivity index (χ2n) is 11.2. The molecule has 0 aliphatic heterocycles. The van der Waals surface area contributed by atoms with Gasteiger partial charge in [-0.15, -0.1) is 0 Å². The van der Waals surface area contributed by atoms with Gasteiger partial charge in [-0.2, -0.15) is 0 Å². The zero-order chi connectivity index (χ0) is 24.5. The van der Waals surface area contributed by atoms with E-state index in [1.807, 2.05) is 12.1 Å². The molecule has 1 nitrogen and oxygen atoms in total. The van der Waals surface area contributed by atoms with Crippen molar-refractivity contribution in [3.05, 3.63) is 108 Å². The van der Waals surface area contributed by atoms with Gasteiger partial charge in [0.1, 0.15) is 0 Å². The van der Waals surface area contributed by atoms with Crippen LogP contribution in [-0.4, -0.2) is 4.98 Å². The van der Waals surface area contributed by atoms with Crippen molar-refractivity contribution in [1.82, 2.24) is 4.98 Å². The average Bonchev–Trinajstić information content (AvgIpc) is 2.91. The van der Waals surface area contributed by atoms with Gasteiger partial charge in [0.15, 0.2) is 0 Å². The second kappa shape index (κ2) is 12.5. The van der Waals surface area contributed by atoms with Crippen molar-refractivity contribution in [3.8, 4) is 0 Å². The molecule has 1 atom stereocenters. The molecule has 4 rings (SSSR count). The molecule has 0 spiro atoms. The Labute approximate surface area is 214 Å². The highest BCUT2D eigenvalue weighted by atomic mass is 14.6. The molecule has 1 saturated carbocycles. The van der Waals surface area contributed by atoms with Gasteiger partial charge in [0.25, 0.3) is 0 Å². The molecule has 1 aliphatic carbocycles. The minimum Gasteiger partial charge on any atom is -0.264 e. The third kappa shape index (κ3) is 6.84. The minimum absolute atomic E-state index is 0.268. The summed E-state index contributed by atoms with van der Waals surface area (Å²) in [6.45, 7) is 7.42. The van der Waals surface area contributed by atoms with Crippen LogP contribution in [0.5, 0.6) is 0 Å². The van der Waals surface area contributed by atoms with Gasteiger partial charge >= 0.3 is 0 Å². The van der Waals surface area contributed by atoms with Crippen LogP contribution in [0, 0.1) is 23.2 Å². The van der Waals surface area contributed by atoms with E-state index >= 15 is 0 Å². The first-order valence-electron chi connectivity index (χ1n) is 13.9. The van der Waals surface area contributed by atoms with Gasteiger partial charge in [0, 0.05) is 18.3 Å². The summed E-state index contributed by atoms with van der Waals surface area (Å²) in [7, 11) is 0. The monoisotopic (exact) mass is 466 g/mol. The van der Waals surface area contributed by atoms with Gasteiger partial charge in [-0.25, -0.2) is 0 Å². The molecule has 1 aliphatic rings. The molecule has 3 aromatic rings. The second-order valence-corrected chi connectivity index (χ2v) is 11.2. The van der Waals surface area contributed by atoms with E-state index in [-0.39, 0.29) is 5.41 Å². The highest BCUT2D eigenvalue weighted by molar-refractivity contribution is 5.32. The van der Waals surface area contributed by atoms with Crippen molar-refractivity contribution in [1.29, 1.82) is 0 Å². The summed E-state index contributed by atoms with van der Waals surface area (Å²) in [6.07, 6.45) is 15.7. The van der Waals surface area contributed by atoms with Crippen LogP contribution in [0.3, 0.4) is 0 Å². The number of nitrogens with zero attached hydrogens (tertiary/aromatic N) is 1. The summed E-state index contributed by atoms with van der Waals surface area (Å²) < 4.78 is 0. The molecule has 1 heterocycles. The zero-order valence-electron chi connectivity index (χ0n) is 22.1. The third-order valence-electron chi connectivity index (χ3n) is 8.56. The van der Waals surface area contributed by atoms with E-state index in [1.165, 1.54) is 68.1 Å². The molecular weight excluding hydrogens is 422 g/mol. The Bertz CT molecular complexity index is 933. The topological polar surface area (TPSA) is 12.9 Å². The van der Waals surface area contributed by atoms with Crippen molar-refractivity contribution < 1.29 is 0 Å². The maximum absolute atomic E-state index is 4.47. The number of hydrogen-bond donors (Lipinski definition) is 0.